The van der Waals surface area contributed by atoms with Crippen molar-refractivity contribution < 1.29 is 9.53 Å². The fraction of sp³-hybridized carbons (Fsp3) is 0.625. The van der Waals surface area contributed by atoms with E-state index < -0.39 is 0 Å². The van der Waals surface area contributed by atoms with Gasteiger partial charge in [0.1, 0.15) is 17.1 Å². The predicted octanol–water partition coefficient (Wildman–Crippen LogP) is 2.89. The number of aromatic nitrogens is 2. The number of fused-ring (bicyclic) bond motifs is 1. The summed E-state index contributed by atoms with van der Waals surface area (Å²) in [6, 6.07) is 0.178. The minimum atomic E-state index is -0.115. The highest BCUT2D eigenvalue weighted by molar-refractivity contribution is 6.30. The van der Waals surface area contributed by atoms with E-state index in [1.165, 1.54) is 12.0 Å². The van der Waals surface area contributed by atoms with Gasteiger partial charge in [-0.3, -0.25) is 4.79 Å². The van der Waals surface area contributed by atoms with E-state index in [9.17, 15) is 4.79 Å². The summed E-state index contributed by atoms with van der Waals surface area (Å²) in [6.45, 7) is 6.58. The molecule has 1 aromatic rings. The highest BCUT2D eigenvalue weighted by Gasteiger charge is 2.46. The van der Waals surface area contributed by atoms with Crippen molar-refractivity contribution in [1.29, 1.82) is 0 Å². The van der Waals surface area contributed by atoms with Gasteiger partial charge in [0, 0.05) is 37.8 Å². The molecule has 3 fully saturated rings. The number of hydrogen-bond acceptors (Lipinski definition) is 7. The molecule has 178 valence electrons. The number of allylic oxidation sites excluding steroid dienone is 2. The van der Waals surface area contributed by atoms with Gasteiger partial charge in [-0.1, -0.05) is 17.2 Å². The van der Waals surface area contributed by atoms with Crippen molar-refractivity contribution in [2.45, 2.75) is 38.6 Å². The largest absolute Gasteiger partial charge is 0.496 e. The van der Waals surface area contributed by atoms with Crippen LogP contribution in [0.2, 0.25) is 0 Å². The van der Waals surface area contributed by atoms with Crippen molar-refractivity contribution in [1.82, 2.24) is 20.6 Å². The lowest BCUT2D eigenvalue weighted by atomic mass is 9.91. The second-order valence-electron chi connectivity index (χ2n) is 9.73. The quantitative estimate of drug-likeness (QED) is 0.562. The Morgan fingerprint density at radius 2 is 2.06 bits per heavy atom. The second-order valence-corrected chi connectivity index (χ2v) is 10.2. The molecule has 8 nitrogen and oxygen atoms in total. The summed E-state index contributed by atoms with van der Waals surface area (Å²) < 4.78 is 5.36. The molecule has 1 amide bonds. The van der Waals surface area contributed by atoms with Crippen molar-refractivity contribution in [2.75, 3.05) is 50.1 Å². The third kappa shape index (κ3) is 4.96. The number of methoxy groups -OCH3 is 1. The maximum Gasteiger partial charge on any atom is 0.256 e. The van der Waals surface area contributed by atoms with Gasteiger partial charge >= 0.3 is 0 Å². The topological polar surface area (TPSA) is 91.4 Å². The molecule has 33 heavy (non-hydrogen) atoms. The molecule has 9 heteroatoms. The van der Waals surface area contributed by atoms with E-state index in [1.54, 1.807) is 13.3 Å². The Labute approximate surface area is 200 Å². The smallest absolute Gasteiger partial charge is 0.256 e. The molecule has 3 atom stereocenters. The van der Waals surface area contributed by atoms with E-state index in [0.29, 0.717) is 30.3 Å². The Morgan fingerprint density at radius 3 is 2.79 bits per heavy atom. The number of amides is 1. The Hall–Kier alpha value is -2.32. The lowest BCUT2D eigenvalue weighted by Crippen LogP contribution is -2.43. The van der Waals surface area contributed by atoms with Crippen molar-refractivity contribution in [3.63, 3.8) is 0 Å². The van der Waals surface area contributed by atoms with Crippen molar-refractivity contribution in [2.24, 2.45) is 17.8 Å². The highest BCUT2D eigenvalue weighted by atomic mass is 35.5. The lowest BCUT2D eigenvalue weighted by molar-refractivity contribution is 0.0929. The Bertz CT molecular complexity index is 964. The molecule has 3 N–H and O–H groups in total. The summed E-state index contributed by atoms with van der Waals surface area (Å²) in [5.41, 5.74) is 1.69. The zero-order valence-electron chi connectivity index (χ0n) is 19.4. The van der Waals surface area contributed by atoms with Crippen LogP contribution in [-0.2, 0) is 4.74 Å². The summed E-state index contributed by atoms with van der Waals surface area (Å²) in [6.07, 6.45) is 7.56. The van der Waals surface area contributed by atoms with Crippen molar-refractivity contribution >= 4 is 29.3 Å². The Kier molecular flexibility index (Phi) is 6.47. The first-order chi connectivity index (χ1) is 16.0. The molecule has 0 bridgehead atoms. The highest BCUT2D eigenvalue weighted by Crippen LogP contribution is 2.45. The number of piperidine rings is 2. The van der Waals surface area contributed by atoms with Crippen molar-refractivity contribution in [3.8, 4) is 0 Å². The van der Waals surface area contributed by atoms with Crippen LogP contribution in [0, 0.1) is 17.8 Å². The van der Waals surface area contributed by atoms with Gasteiger partial charge in [0.25, 0.3) is 5.91 Å². The molecule has 2 saturated heterocycles. The first-order valence-corrected chi connectivity index (χ1v) is 12.4. The van der Waals surface area contributed by atoms with E-state index in [4.69, 9.17) is 21.3 Å². The molecule has 0 aromatic carbocycles. The SMILES string of the molecule is COC1=C(Cl)CC(CNc2nc(N3CC4CC4C3)ncc2C(=O)NC2CCNCC2)C(C)=C1. The minimum Gasteiger partial charge on any atom is -0.496 e. The van der Waals surface area contributed by atoms with Gasteiger partial charge in [0.05, 0.1) is 12.1 Å². The standard InChI is InChI=1S/C24H33ClN6O2/c1-14-7-21(33-2)20(25)9-15(14)10-27-22-19(23(32)29-18-3-5-26-6-4-18)11-28-24(30-22)31-12-16-8-17(16)13-31/h7,11,15-18,26H,3-6,8-10,12-13H2,1-2H3,(H,29,32)(H,27,28,30). The average Bonchev–Trinajstić information content (AvgIpc) is 3.44. The molecular weight excluding hydrogens is 440 g/mol. The number of anilines is 2. The number of rotatable bonds is 7. The number of ether oxygens (including phenoxy) is 1. The number of halogens is 1. The van der Waals surface area contributed by atoms with Gasteiger partial charge in [-0.15, -0.1) is 0 Å². The zero-order valence-corrected chi connectivity index (χ0v) is 20.1. The molecule has 3 unspecified atom stereocenters. The third-order valence-electron chi connectivity index (χ3n) is 7.39. The Balaban J connectivity index is 1.33. The normalized spacial score (nSPS) is 27.2. The first-order valence-electron chi connectivity index (χ1n) is 12.0. The van der Waals surface area contributed by atoms with Crippen LogP contribution >= 0.6 is 11.6 Å². The maximum absolute atomic E-state index is 13.2. The molecule has 0 radical (unpaired) electrons. The minimum absolute atomic E-state index is 0.115. The molecule has 5 rings (SSSR count). The number of carbonyl (C=O) groups is 1. The molecular formula is C24H33ClN6O2. The van der Waals surface area contributed by atoms with Gasteiger partial charge in [0.15, 0.2) is 0 Å². The van der Waals surface area contributed by atoms with Crippen LogP contribution in [-0.4, -0.2) is 61.8 Å². The Morgan fingerprint density at radius 1 is 1.30 bits per heavy atom. The van der Waals surface area contributed by atoms with Crippen molar-refractivity contribution in [3.05, 3.63) is 34.2 Å². The van der Waals surface area contributed by atoms with Crippen LogP contribution < -0.4 is 20.9 Å². The second kappa shape index (κ2) is 9.50. The van der Waals surface area contributed by atoms with Crippen LogP contribution in [0.25, 0.3) is 0 Å². The van der Waals surface area contributed by atoms with Gasteiger partial charge < -0.3 is 25.6 Å². The first kappa shape index (κ1) is 22.5. The number of hydrogen-bond donors (Lipinski definition) is 3. The van der Waals surface area contributed by atoms with Crippen LogP contribution in [0.1, 0.15) is 43.0 Å². The molecule has 3 heterocycles. The summed E-state index contributed by atoms with van der Waals surface area (Å²) in [5.74, 6) is 3.68. The van der Waals surface area contributed by atoms with E-state index in [2.05, 4.69) is 32.8 Å². The average molecular weight is 473 g/mol. The van der Waals surface area contributed by atoms with Gasteiger partial charge in [0.2, 0.25) is 5.95 Å². The molecule has 1 aromatic heterocycles. The lowest BCUT2D eigenvalue weighted by Gasteiger charge is -2.26. The van der Waals surface area contributed by atoms with E-state index in [-0.39, 0.29) is 17.9 Å². The van der Waals surface area contributed by atoms with Gasteiger partial charge in [-0.2, -0.15) is 4.98 Å². The van der Waals surface area contributed by atoms with E-state index in [1.807, 2.05) is 6.08 Å². The van der Waals surface area contributed by atoms with Crippen LogP contribution in [0.15, 0.2) is 28.6 Å². The third-order valence-corrected chi connectivity index (χ3v) is 7.73. The van der Waals surface area contributed by atoms with Gasteiger partial charge in [-0.25, -0.2) is 4.98 Å². The van der Waals surface area contributed by atoms with Gasteiger partial charge in [-0.05, 0) is 63.6 Å². The predicted molar refractivity (Wildman–Crippen MR) is 129 cm³/mol. The van der Waals surface area contributed by atoms with E-state index >= 15 is 0 Å². The molecule has 1 saturated carbocycles. The number of nitrogens with one attached hydrogen (secondary N) is 3. The fourth-order valence-electron chi connectivity index (χ4n) is 5.12. The molecule has 4 aliphatic rings. The summed E-state index contributed by atoms with van der Waals surface area (Å²) in [4.78, 5) is 24.8. The summed E-state index contributed by atoms with van der Waals surface area (Å²) >= 11 is 6.42. The summed E-state index contributed by atoms with van der Waals surface area (Å²) in [7, 11) is 1.64. The number of nitrogens with zero attached hydrogens (tertiary/aromatic N) is 3. The number of carbonyl (C=O) groups excluding carboxylic acids is 1. The van der Waals surface area contributed by atoms with Crippen LogP contribution in [0.4, 0.5) is 11.8 Å². The molecule has 2 aliphatic heterocycles. The maximum atomic E-state index is 13.2. The van der Waals surface area contributed by atoms with Crippen LogP contribution in [0.5, 0.6) is 0 Å². The summed E-state index contributed by atoms with van der Waals surface area (Å²) in [5, 5.41) is 10.7. The monoisotopic (exact) mass is 472 g/mol. The van der Waals surface area contributed by atoms with E-state index in [0.717, 1.165) is 61.6 Å². The molecule has 0 spiro atoms. The zero-order chi connectivity index (χ0) is 22.9. The van der Waals surface area contributed by atoms with Crippen LogP contribution in [0.3, 0.4) is 0 Å². The molecule has 2 aliphatic carbocycles. The fourth-order valence-corrected chi connectivity index (χ4v) is 5.44.